The van der Waals surface area contributed by atoms with Crippen LogP contribution in [0.3, 0.4) is 0 Å². The smallest absolute Gasteiger partial charge is 0.309 e. The first-order chi connectivity index (χ1) is 7.34. The van der Waals surface area contributed by atoms with E-state index in [-0.39, 0.29) is 6.42 Å². The molecule has 0 saturated heterocycles. The minimum Gasteiger partial charge on any atom is -0.481 e. The summed E-state index contributed by atoms with van der Waals surface area (Å²) in [4.78, 5) is 30.1. The summed E-state index contributed by atoms with van der Waals surface area (Å²) in [6, 6.07) is -2.88. The van der Waals surface area contributed by atoms with Crippen LogP contribution >= 0.6 is 0 Å². The van der Waals surface area contributed by atoms with Crippen LogP contribution < -0.4 is 0 Å². The Hall–Kier alpha value is -1.77. The van der Waals surface area contributed by atoms with Gasteiger partial charge in [-0.1, -0.05) is 0 Å². The molecule has 90 valence electrons. The zero-order chi connectivity index (χ0) is 12.5. The van der Waals surface area contributed by atoms with E-state index < -0.39 is 46.3 Å². The zero-order valence-corrected chi connectivity index (χ0v) is 8.05. The van der Waals surface area contributed by atoms with Crippen LogP contribution in [0.1, 0.15) is 12.8 Å². The summed E-state index contributed by atoms with van der Waals surface area (Å²) in [5.41, 5.74) is 0. The SMILES string of the molecule is O=C(O)C1CC([N+](=O)[O-])CC([N+](=O)[O-])C1O. The third-order valence-electron chi connectivity index (χ3n) is 2.73. The van der Waals surface area contributed by atoms with Crippen molar-refractivity contribution in [3.05, 3.63) is 20.2 Å². The Bertz CT molecular complexity index is 307. The lowest BCUT2D eigenvalue weighted by Gasteiger charge is -2.28. The van der Waals surface area contributed by atoms with E-state index in [4.69, 9.17) is 5.11 Å². The second kappa shape index (κ2) is 4.39. The van der Waals surface area contributed by atoms with Crippen LogP contribution in [0.2, 0.25) is 0 Å². The Morgan fingerprint density at radius 3 is 2.12 bits per heavy atom. The van der Waals surface area contributed by atoms with Crippen LogP contribution in [0, 0.1) is 26.1 Å². The van der Waals surface area contributed by atoms with Crippen molar-refractivity contribution in [2.24, 2.45) is 5.92 Å². The van der Waals surface area contributed by atoms with Crippen LogP contribution in [0.4, 0.5) is 0 Å². The molecule has 2 N–H and O–H groups in total. The highest BCUT2D eigenvalue weighted by Gasteiger charge is 2.50. The summed E-state index contributed by atoms with van der Waals surface area (Å²) >= 11 is 0. The van der Waals surface area contributed by atoms with E-state index in [1.807, 2.05) is 0 Å². The summed E-state index contributed by atoms with van der Waals surface area (Å²) in [6.45, 7) is 0. The van der Waals surface area contributed by atoms with Gasteiger partial charge in [0, 0.05) is 16.3 Å². The number of carboxylic acid groups (broad SMARTS) is 1. The largest absolute Gasteiger partial charge is 0.481 e. The molecule has 1 rings (SSSR count). The standard InChI is InChI=1S/C7H10N2O7/c10-6-4(7(11)12)1-3(8(13)14)2-5(6)9(15)16/h3-6,10H,1-2H2,(H,11,12). The first kappa shape index (κ1) is 12.3. The van der Waals surface area contributed by atoms with Crippen molar-refractivity contribution in [1.82, 2.24) is 0 Å². The predicted molar refractivity (Wildman–Crippen MR) is 47.9 cm³/mol. The molecular formula is C7H10N2O7. The molecule has 9 heteroatoms. The highest BCUT2D eigenvalue weighted by Crippen LogP contribution is 2.28. The number of carboxylic acids is 1. The maximum Gasteiger partial charge on any atom is 0.309 e. The van der Waals surface area contributed by atoms with Gasteiger partial charge in [-0.25, -0.2) is 0 Å². The molecule has 4 atom stereocenters. The van der Waals surface area contributed by atoms with Crippen LogP contribution in [0.25, 0.3) is 0 Å². The van der Waals surface area contributed by atoms with Gasteiger partial charge >= 0.3 is 5.97 Å². The lowest BCUT2D eigenvalue weighted by atomic mass is 9.80. The van der Waals surface area contributed by atoms with Crippen LogP contribution in [0.15, 0.2) is 0 Å². The normalized spacial score (nSPS) is 34.3. The van der Waals surface area contributed by atoms with Crippen molar-refractivity contribution in [3.63, 3.8) is 0 Å². The number of aliphatic hydroxyl groups excluding tert-OH is 1. The quantitative estimate of drug-likeness (QED) is 0.477. The maximum absolute atomic E-state index is 10.7. The summed E-state index contributed by atoms with van der Waals surface area (Å²) in [6.07, 6.45) is -2.50. The molecule has 0 aromatic carbocycles. The Balaban J connectivity index is 2.92. The van der Waals surface area contributed by atoms with Crippen molar-refractivity contribution in [2.45, 2.75) is 31.0 Å². The molecule has 0 aromatic rings. The van der Waals surface area contributed by atoms with E-state index in [1.165, 1.54) is 0 Å². The van der Waals surface area contributed by atoms with Crippen LogP contribution in [-0.4, -0.2) is 44.2 Å². The van der Waals surface area contributed by atoms with Gasteiger partial charge in [0.2, 0.25) is 12.1 Å². The lowest BCUT2D eigenvalue weighted by Crippen LogP contribution is -2.51. The number of hydrogen-bond acceptors (Lipinski definition) is 6. The molecule has 0 amide bonds. The second-order valence-corrected chi connectivity index (χ2v) is 3.70. The number of rotatable bonds is 3. The fourth-order valence-corrected chi connectivity index (χ4v) is 1.84. The summed E-state index contributed by atoms with van der Waals surface area (Å²) in [5.74, 6) is -2.91. The average Bonchev–Trinajstić information content (AvgIpc) is 2.16. The van der Waals surface area contributed by atoms with Crippen LogP contribution in [0.5, 0.6) is 0 Å². The Morgan fingerprint density at radius 2 is 1.75 bits per heavy atom. The van der Waals surface area contributed by atoms with Gasteiger partial charge < -0.3 is 10.2 Å². The van der Waals surface area contributed by atoms with Crippen molar-refractivity contribution in [3.8, 4) is 0 Å². The molecule has 0 bridgehead atoms. The Labute approximate surface area is 89.0 Å². The highest BCUT2D eigenvalue weighted by molar-refractivity contribution is 5.71. The number of hydrogen-bond donors (Lipinski definition) is 2. The molecule has 0 aromatic heterocycles. The van der Waals surface area contributed by atoms with Gasteiger partial charge in [-0.3, -0.25) is 25.0 Å². The molecule has 16 heavy (non-hydrogen) atoms. The molecule has 0 heterocycles. The van der Waals surface area contributed by atoms with Crippen molar-refractivity contribution < 1.29 is 24.9 Å². The van der Waals surface area contributed by atoms with Gasteiger partial charge in [0.25, 0.3) is 0 Å². The Morgan fingerprint density at radius 1 is 1.19 bits per heavy atom. The monoisotopic (exact) mass is 234 g/mol. The third kappa shape index (κ3) is 2.24. The molecule has 1 saturated carbocycles. The molecule has 4 unspecified atom stereocenters. The minimum absolute atomic E-state index is 0.381. The molecule has 1 aliphatic carbocycles. The van der Waals surface area contributed by atoms with Gasteiger partial charge in [0.1, 0.15) is 6.10 Å². The first-order valence-corrected chi connectivity index (χ1v) is 4.52. The number of nitro groups is 2. The molecule has 0 radical (unpaired) electrons. The maximum atomic E-state index is 10.7. The summed E-state index contributed by atoms with van der Waals surface area (Å²) in [5, 5.41) is 39.2. The molecule has 0 spiro atoms. The van der Waals surface area contributed by atoms with E-state index in [0.717, 1.165) is 0 Å². The third-order valence-corrected chi connectivity index (χ3v) is 2.73. The van der Waals surface area contributed by atoms with Gasteiger partial charge in [-0.2, -0.15) is 0 Å². The molecular weight excluding hydrogens is 224 g/mol. The van der Waals surface area contributed by atoms with Gasteiger partial charge in [0.05, 0.1) is 12.3 Å². The van der Waals surface area contributed by atoms with Gasteiger partial charge in [0.15, 0.2) is 0 Å². The summed E-state index contributed by atoms with van der Waals surface area (Å²) in [7, 11) is 0. The number of aliphatic hydroxyl groups is 1. The van der Waals surface area contributed by atoms with Crippen molar-refractivity contribution in [2.75, 3.05) is 0 Å². The van der Waals surface area contributed by atoms with E-state index in [0.29, 0.717) is 0 Å². The van der Waals surface area contributed by atoms with E-state index in [2.05, 4.69) is 0 Å². The molecule has 9 nitrogen and oxygen atoms in total. The predicted octanol–water partition coefficient (Wildman–Crippen LogP) is -0.867. The molecule has 1 aliphatic rings. The van der Waals surface area contributed by atoms with Crippen molar-refractivity contribution in [1.29, 1.82) is 0 Å². The number of aliphatic carboxylic acids is 1. The topological polar surface area (TPSA) is 144 Å². The summed E-state index contributed by atoms with van der Waals surface area (Å²) < 4.78 is 0. The first-order valence-electron chi connectivity index (χ1n) is 4.52. The van der Waals surface area contributed by atoms with Gasteiger partial charge in [-0.05, 0) is 0 Å². The number of carbonyl (C=O) groups is 1. The highest BCUT2D eigenvalue weighted by atomic mass is 16.6. The minimum atomic E-state index is -1.68. The number of nitrogens with zero attached hydrogens (tertiary/aromatic N) is 2. The molecule has 1 fully saturated rings. The van der Waals surface area contributed by atoms with E-state index in [9.17, 15) is 30.1 Å². The second-order valence-electron chi connectivity index (χ2n) is 3.70. The zero-order valence-electron chi connectivity index (χ0n) is 8.05. The van der Waals surface area contributed by atoms with E-state index >= 15 is 0 Å². The fourth-order valence-electron chi connectivity index (χ4n) is 1.84. The van der Waals surface area contributed by atoms with Crippen molar-refractivity contribution >= 4 is 5.97 Å². The van der Waals surface area contributed by atoms with Gasteiger partial charge in [-0.15, -0.1) is 0 Å². The lowest BCUT2D eigenvalue weighted by molar-refractivity contribution is -0.578. The van der Waals surface area contributed by atoms with Crippen LogP contribution in [-0.2, 0) is 4.79 Å². The average molecular weight is 234 g/mol. The van der Waals surface area contributed by atoms with E-state index in [1.54, 1.807) is 0 Å². The fraction of sp³-hybridized carbons (Fsp3) is 0.857. The molecule has 0 aliphatic heterocycles. The Kier molecular flexibility index (Phi) is 3.38.